The highest BCUT2D eigenvalue weighted by Gasteiger charge is 2.38. The Labute approximate surface area is 116 Å². The molecule has 1 aromatic rings. The predicted octanol–water partition coefficient (Wildman–Crippen LogP) is 4.36. The molecule has 1 rings (SSSR count). The predicted molar refractivity (Wildman–Crippen MR) is 78.6 cm³/mol. The van der Waals surface area contributed by atoms with Crippen molar-refractivity contribution in [2.75, 3.05) is 0 Å². The van der Waals surface area contributed by atoms with Crippen molar-refractivity contribution in [3.8, 4) is 0 Å². The molecule has 0 N–H and O–H groups in total. The minimum Gasteiger partial charge on any atom is -0.460 e. The van der Waals surface area contributed by atoms with Crippen LogP contribution >= 0.6 is 0 Å². The van der Waals surface area contributed by atoms with Crippen LogP contribution in [-0.2, 0) is 16.1 Å². The molecule has 0 radical (unpaired) electrons. The molecule has 0 amide bonds. The van der Waals surface area contributed by atoms with Gasteiger partial charge in [0, 0.05) is 0 Å². The number of allylic oxidation sites excluding steroid dienone is 1. The molecule has 1 aromatic carbocycles. The summed E-state index contributed by atoms with van der Waals surface area (Å²) in [5, 5.41) is 0. The maximum absolute atomic E-state index is 12.4. The molecule has 2 nitrogen and oxygen atoms in total. The fourth-order valence-electron chi connectivity index (χ4n) is 2.03. The maximum atomic E-state index is 12.4. The van der Waals surface area contributed by atoms with Crippen LogP contribution in [-0.4, -0.2) is 5.97 Å². The summed E-state index contributed by atoms with van der Waals surface area (Å²) in [5.41, 5.74) is 1.52. The molecule has 1 unspecified atom stereocenters. The molecule has 0 aromatic heterocycles. The molecule has 0 aliphatic rings. The number of rotatable bonds is 6. The van der Waals surface area contributed by atoms with Gasteiger partial charge in [0.15, 0.2) is 0 Å². The standard InChI is InChI=1S/C17H24O2/c1-13(2)11-17(5,14(3)4)16(18)19-12-15-9-7-6-8-10-15/h6-10,14H,1,11-12H2,2-5H3. The van der Waals surface area contributed by atoms with Crippen molar-refractivity contribution in [3.05, 3.63) is 48.0 Å². The summed E-state index contributed by atoms with van der Waals surface area (Å²) in [5.74, 6) is 0.0711. The number of carbonyl (C=O) groups is 1. The molecule has 0 saturated carbocycles. The number of benzene rings is 1. The van der Waals surface area contributed by atoms with Crippen LogP contribution in [0, 0.1) is 11.3 Å². The highest BCUT2D eigenvalue weighted by molar-refractivity contribution is 5.77. The molecule has 0 aliphatic heterocycles. The van der Waals surface area contributed by atoms with Crippen LogP contribution in [0.5, 0.6) is 0 Å². The highest BCUT2D eigenvalue weighted by Crippen LogP contribution is 2.35. The summed E-state index contributed by atoms with van der Waals surface area (Å²) in [6.07, 6.45) is 0.665. The van der Waals surface area contributed by atoms with Crippen LogP contribution < -0.4 is 0 Å². The summed E-state index contributed by atoms with van der Waals surface area (Å²) >= 11 is 0. The monoisotopic (exact) mass is 260 g/mol. The molecular weight excluding hydrogens is 236 g/mol. The third kappa shape index (κ3) is 4.23. The van der Waals surface area contributed by atoms with Gasteiger partial charge in [-0.05, 0) is 31.7 Å². The van der Waals surface area contributed by atoms with Crippen molar-refractivity contribution in [1.29, 1.82) is 0 Å². The Morgan fingerprint density at radius 2 is 1.89 bits per heavy atom. The SMILES string of the molecule is C=C(C)CC(C)(C(=O)OCc1ccccc1)C(C)C. The summed E-state index contributed by atoms with van der Waals surface area (Å²) in [6.45, 7) is 12.3. The Bertz CT molecular complexity index is 434. The first-order valence-corrected chi connectivity index (χ1v) is 6.72. The van der Waals surface area contributed by atoms with Crippen LogP contribution in [0.15, 0.2) is 42.5 Å². The van der Waals surface area contributed by atoms with Crippen molar-refractivity contribution < 1.29 is 9.53 Å². The summed E-state index contributed by atoms with van der Waals surface area (Å²) < 4.78 is 5.48. The van der Waals surface area contributed by atoms with Crippen LogP contribution in [0.4, 0.5) is 0 Å². The Kier molecular flexibility index (Phi) is 5.34. The van der Waals surface area contributed by atoms with E-state index in [2.05, 4.69) is 6.58 Å². The second-order valence-electron chi connectivity index (χ2n) is 5.77. The summed E-state index contributed by atoms with van der Waals surface area (Å²) in [4.78, 5) is 12.4. The Morgan fingerprint density at radius 3 is 2.37 bits per heavy atom. The lowest BCUT2D eigenvalue weighted by molar-refractivity contribution is -0.159. The molecule has 0 fully saturated rings. The van der Waals surface area contributed by atoms with E-state index in [4.69, 9.17) is 4.74 Å². The second-order valence-corrected chi connectivity index (χ2v) is 5.77. The quantitative estimate of drug-likeness (QED) is 0.561. The molecule has 0 saturated heterocycles. The van der Waals surface area contributed by atoms with Crippen LogP contribution in [0.2, 0.25) is 0 Å². The van der Waals surface area contributed by atoms with E-state index in [0.717, 1.165) is 11.1 Å². The van der Waals surface area contributed by atoms with Gasteiger partial charge in [0.2, 0.25) is 0 Å². The smallest absolute Gasteiger partial charge is 0.312 e. The normalized spacial score (nSPS) is 13.9. The molecule has 0 bridgehead atoms. The van der Waals surface area contributed by atoms with Gasteiger partial charge >= 0.3 is 5.97 Å². The first-order valence-electron chi connectivity index (χ1n) is 6.72. The van der Waals surface area contributed by atoms with E-state index >= 15 is 0 Å². The van der Waals surface area contributed by atoms with E-state index in [0.29, 0.717) is 13.0 Å². The number of carbonyl (C=O) groups excluding carboxylic acids is 1. The topological polar surface area (TPSA) is 26.3 Å². The fourth-order valence-corrected chi connectivity index (χ4v) is 2.03. The molecule has 0 aliphatic carbocycles. The van der Waals surface area contributed by atoms with Gasteiger partial charge in [0.25, 0.3) is 0 Å². The molecule has 2 heteroatoms. The van der Waals surface area contributed by atoms with Gasteiger partial charge < -0.3 is 4.74 Å². The highest BCUT2D eigenvalue weighted by atomic mass is 16.5. The number of hydrogen-bond acceptors (Lipinski definition) is 2. The van der Waals surface area contributed by atoms with Gasteiger partial charge in [-0.15, -0.1) is 6.58 Å². The fraction of sp³-hybridized carbons (Fsp3) is 0.471. The third-order valence-electron chi connectivity index (χ3n) is 3.62. The zero-order chi connectivity index (χ0) is 14.5. The third-order valence-corrected chi connectivity index (χ3v) is 3.62. The van der Waals surface area contributed by atoms with E-state index in [1.807, 2.05) is 58.0 Å². The van der Waals surface area contributed by atoms with Crippen LogP contribution in [0.25, 0.3) is 0 Å². The van der Waals surface area contributed by atoms with Crippen molar-refractivity contribution in [1.82, 2.24) is 0 Å². The van der Waals surface area contributed by atoms with Gasteiger partial charge in [-0.1, -0.05) is 49.8 Å². The molecule has 0 heterocycles. The largest absolute Gasteiger partial charge is 0.460 e. The number of hydrogen-bond donors (Lipinski definition) is 0. The first kappa shape index (κ1) is 15.5. The van der Waals surface area contributed by atoms with Crippen LogP contribution in [0.3, 0.4) is 0 Å². The summed E-state index contributed by atoms with van der Waals surface area (Å²) in [7, 11) is 0. The zero-order valence-electron chi connectivity index (χ0n) is 12.4. The second kappa shape index (κ2) is 6.55. The lowest BCUT2D eigenvalue weighted by Gasteiger charge is -2.31. The average Bonchev–Trinajstić information content (AvgIpc) is 2.36. The van der Waals surface area contributed by atoms with Gasteiger partial charge in [-0.2, -0.15) is 0 Å². The molecule has 19 heavy (non-hydrogen) atoms. The Balaban J connectivity index is 2.70. The average molecular weight is 260 g/mol. The van der Waals surface area contributed by atoms with Crippen molar-refractivity contribution in [2.24, 2.45) is 11.3 Å². The Hall–Kier alpha value is -1.57. The van der Waals surface area contributed by atoms with E-state index in [9.17, 15) is 4.79 Å². The van der Waals surface area contributed by atoms with Crippen molar-refractivity contribution >= 4 is 5.97 Å². The lowest BCUT2D eigenvalue weighted by atomic mass is 9.74. The van der Waals surface area contributed by atoms with Gasteiger partial charge in [0.1, 0.15) is 6.61 Å². The van der Waals surface area contributed by atoms with Gasteiger partial charge in [-0.25, -0.2) is 0 Å². The maximum Gasteiger partial charge on any atom is 0.312 e. The Morgan fingerprint density at radius 1 is 1.32 bits per heavy atom. The minimum absolute atomic E-state index is 0.144. The van der Waals surface area contributed by atoms with Gasteiger partial charge in [-0.3, -0.25) is 4.79 Å². The van der Waals surface area contributed by atoms with Crippen molar-refractivity contribution in [2.45, 2.75) is 40.7 Å². The van der Waals surface area contributed by atoms with E-state index in [-0.39, 0.29) is 11.9 Å². The zero-order valence-corrected chi connectivity index (χ0v) is 12.4. The number of ether oxygens (including phenoxy) is 1. The van der Waals surface area contributed by atoms with Crippen LogP contribution in [0.1, 0.15) is 39.7 Å². The van der Waals surface area contributed by atoms with E-state index in [1.54, 1.807) is 0 Å². The van der Waals surface area contributed by atoms with E-state index < -0.39 is 5.41 Å². The van der Waals surface area contributed by atoms with Crippen molar-refractivity contribution in [3.63, 3.8) is 0 Å². The van der Waals surface area contributed by atoms with Gasteiger partial charge in [0.05, 0.1) is 5.41 Å². The lowest BCUT2D eigenvalue weighted by Crippen LogP contribution is -2.35. The first-order chi connectivity index (χ1) is 8.86. The minimum atomic E-state index is -0.499. The molecule has 0 spiro atoms. The molecule has 1 atom stereocenters. The summed E-state index contributed by atoms with van der Waals surface area (Å²) in [6, 6.07) is 9.75. The van der Waals surface area contributed by atoms with E-state index in [1.165, 1.54) is 0 Å². The molecule has 104 valence electrons. The molecular formula is C17H24O2. The number of esters is 1.